The summed E-state index contributed by atoms with van der Waals surface area (Å²) < 4.78 is 0. The van der Waals surface area contributed by atoms with E-state index in [2.05, 4.69) is 0 Å². The molecule has 0 unspecified atom stereocenters. The molecule has 0 spiro atoms. The van der Waals surface area contributed by atoms with Crippen LogP contribution in [0.25, 0.3) is 0 Å². The molecule has 92 valence electrons. The molecule has 0 radical (unpaired) electrons. The first-order chi connectivity index (χ1) is 8.09. The minimum Gasteiger partial charge on any atom is -0.478 e. The van der Waals surface area contributed by atoms with Gasteiger partial charge in [-0.3, -0.25) is 0 Å². The number of anilines is 1. The highest BCUT2D eigenvalue weighted by Crippen LogP contribution is 2.28. The minimum atomic E-state index is -0.902. The summed E-state index contributed by atoms with van der Waals surface area (Å²) in [4.78, 5) is 13.2. The van der Waals surface area contributed by atoms with E-state index in [1.807, 2.05) is 17.0 Å². The molecule has 2 N–H and O–H groups in total. The number of aliphatic hydroxyl groups excluding tert-OH is 1. The van der Waals surface area contributed by atoms with Gasteiger partial charge >= 0.3 is 5.97 Å². The summed E-state index contributed by atoms with van der Waals surface area (Å²) in [6.45, 7) is 3.32. The fourth-order valence-corrected chi connectivity index (χ4v) is 2.33. The first-order valence-corrected chi connectivity index (χ1v) is 5.85. The van der Waals surface area contributed by atoms with Crippen LogP contribution in [0.4, 0.5) is 5.69 Å². The van der Waals surface area contributed by atoms with E-state index in [4.69, 9.17) is 5.11 Å². The standard InChI is InChI=1S/C13H17NO3/c1-9(15)10-6-7-14(8-10)12-5-3-2-4-11(12)13(16)17/h2-5,9-10,15H,6-8H2,1H3,(H,16,17)/t9-,10+/m0/s1. The van der Waals surface area contributed by atoms with Crippen LogP contribution in [0.3, 0.4) is 0 Å². The Kier molecular flexibility index (Phi) is 3.33. The number of nitrogens with zero attached hydrogens (tertiary/aromatic N) is 1. The molecule has 0 aromatic heterocycles. The topological polar surface area (TPSA) is 60.8 Å². The number of benzene rings is 1. The largest absolute Gasteiger partial charge is 0.478 e. The zero-order valence-electron chi connectivity index (χ0n) is 9.84. The lowest BCUT2D eigenvalue weighted by molar-refractivity contribution is 0.0697. The molecule has 1 heterocycles. The van der Waals surface area contributed by atoms with Crippen LogP contribution in [-0.4, -0.2) is 35.4 Å². The van der Waals surface area contributed by atoms with Gasteiger partial charge in [0.15, 0.2) is 0 Å². The van der Waals surface area contributed by atoms with Crippen LogP contribution in [0.5, 0.6) is 0 Å². The van der Waals surface area contributed by atoms with Crippen LogP contribution in [0.1, 0.15) is 23.7 Å². The lowest BCUT2D eigenvalue weighted by Gasteiger charge is -2.21. The Morgan fingerprint density at radius 1 is 1.47 bits per heavy atom. The summed E-state index contributed by atoms with van der Waals surface area (Å²) >= 11 is 0. The summed E-state index contributed by atoms with van der Waals surface area (Å²) in [7, 11) is 0. The van der Waals surface area contributed by atoms with Gasteiger partial charge in [0.2, 0.25) is 0 Å². The maximum Gasteiger partial charge on any atom is 0.337 e. The van der Waals surface area contributed by atoms with Gasteiger partial charge in [0, 0.05) is 19.0 Å². The highest BCUT2D eigenvalue weighted by Gasteiger charge is 2.28. The van der Waals surface area contributed by atoms with Crippen molar-refractivity contribution in [1.29, 1.82) is 0 Å². The lowest BCUT2D eigenvalue weighted by atomic mass is 10.0. The van der Waals surface area contributed by atoms with Crippen molar-refractivity contribution in [2.75, 3.05) is 18.0 Å². The average molecular weight is 235 g/mol. The highest BCUT2D eigenvalue weighted by atomic mass is 16.4. The molecule has 0 saturated carbocycles. The molecule has 1 aliphatic heterocycles. The summed E-state index contributed by atoms with van der Waals surface area (Å²) in [6, 6.07) is 7.02. The Labute approximate surface area is 100 Å². The summed E-state index contributed by atoms with van der Waals surface area (Å²) in [5.74, 6) is -0.669. The summed E-state index contributed by atoms with van der Waals surface area (Å²) in [5, 5.41) is 18.7. The maximum absolute atomic E-state index is 11.1. The number of hydrogen-bond donors (Lipinski definition) is 2. The van der Waals surface area contributed by atoms with E-state index < -0.39 is 5.97 Å². The van der Waals surface area contributed by atoms with Gasteiger partial charge in [-0.2, -0.15) is 0 Å². The predicted molar refractivity (Wildman–Crippen MR) is 65.4 cm³/mol. The van der Waals surface area contributed by atoms with Crippen LogP contribution in [0.2, 0.25) is 0 Å². The van der Waals surface area contributed by atoms with Gasteiger partial charge < -0.3 is 15.1 Å². The van der Waals surface area contributed by atoms with Gasteiger partial charge in [0.05, 0.1) is 17.4 Å². The first-order valence-electron chi connectivity index (χ1n) is 5.85. The second kappa shape index (κ2) is 4.75. The van der Waals surface area contributed by atoms with Crippen molar-refractivity contribution in [2.24, 2.45) is 5.92 Å². The number of carboxylic acids is 1. The predicted octanol–water partition coefficient (Wildman–Crippen LogP) is 1.59. The van der Waals surface area contributed by atoms with Crippen LogP contribution >= 0.6 is 0 Å². The molecular weight excluding hydrogens is 218 g/mol. The van der Waals surface area contributed by atoms with Crippen LogP contribution in [0.15, 0.2) is 24.3 Å². The zero-order chi connectivity index (χ0) is 12.4. The zero-order valence-corrected chi connectivity index (χ0v) is 9.84. The number of aliphatic hydroxyl groups is 1. The quantitative estimate of drug-likeness (QED) is 0.835. The van der Waals surface area contributed by atoms with Gasteiger partial charge in [0.25, 0.3) is 0 Å². The lowest BCUT2D eigenvalue weighted by Crippen LogP contribution is -2.25. The number of hydrogen-bond acceptors (Lipinski definition) is 3. The average Bonchev–Trinajstić information content (AvgIpc) is 2.78. The fraction of sp³-hybridized carbons (Fsp3) is 0.462. The fourth-order valence-electron chi connectivity index (χ4n) is 2.33. The minimum absolute atomic E-state index is 0.233. The molecule has 2 atom stereocenters. The number of carboxylic acid groups (broad SMARTS) is 1. The summed E-state index contributed by atoms with van der Waals surface area (Å²) in [5.41, 5.74) is 1.09. The monoisotopic (exact) mass is 235 g/mol. The molecule has 1 saturated heterocycles. The van der Waals surface area contributed by atoms with E-state index in [0.717, 1.165) is 25.2 Å². The molecule has 1 aromatic rings. The number of carbonyl (C=O) groups is 1. The van der Waals surface area contributed by atoms with Gasteiger partial charge in [-0.05, 0) is 25.5 Å². The van der Waals surface area contributed by atoms with Gasteiger partial charge in [-0.1, -0.05) is 12.1 Å². The normalized spacial score (nSPS) is 21.5. The molecule has 1 aromatic carbocycles. The molecule has 0 bridgehead atoms. The molecule has 1 aliphatic rings. The van der Waals surface area contributed by atoms with Crippen molar-refractivity contribution in [3.8, 4) is 0 Å². The van der Waals surface area contributed by atoms with Crippen molar-refractivity contribution >= 4 is 11.7 Å². The van der Waals surface area contributed by atoms with E-state index >= 15 is 0 Å². The SMILES string of the molecule is C[C@H](O)[C@@H]1CCN(c2ccccc2C(=O)O)C1. The van der Waals surface area contributed by atoms with Crippen LogP contribution < -0.4 is 4.90 Å². The highest BCUT2D eigenvalue weighted by molar-refractivity contribution is 5.94. The number of para-hydroxylation sites is 1. The second-order valence-electron chi connectivity index (χ2n) is 4.56. The smallest absolute Gasteiger partial charge is 0.337 e. The van der Waals surface area contributed by atoms with E-state index in [0.29, 0.717) is 5.56 Å². The Balaban J connectivity index is 2.21. The van der Waals surface area contributed by atoms with Gasteiger partial charge in [0.1, 0.15) is 0 Å². The van der Waals surface area contributed by atoms with Gasteiger partial charge in [-0.15, -0.1) is 0 Å². The third kappa shape index (κ3) is 2.42. The van der Waals surface area contributed by atoms with Crippen LogP contribution in [-0.2, 0) is 0 Å². The third-order valence-corrected chi connectivity index (χ3v) is 3.38. The van der Waals surface area contributed by atoms with Crippen molar-refractivity contribution < 1.29 is 15.0 Å². The summed E-state index contributed by atoms with van der Waals surface area (Å²) in [6.07, 6.45) is 0.572. The van der Waals surface area contributed by atoms with E-state index in [1.54, 1.807) is 19.1 Å². The molecule has 17 heavy (non-hydrogen) atoms. The Morgan fingerprint density at radius 2 is 2.18 bits per heavy atom. The van der Waals surface area contributed by atoms with Crippen molar-refractivity contribution in [3.63, 3.8) is 0 Å². The molecule has 1 fully saturated rings. The molecule has 0 aliphatic carbocycles. The molecule has 0 amide bonds. The number of aromatic carboxylic acids is 1. The Hall–Kier alpha value is -1.55. The third-order valence-electron chi connectivity index (χ3n) is 3.38. The molecule has 4 nitrogen and oxygen atoms in total. The number of rotatable bonds is 3. The van der Waals surface area contributed by atoms with E-state index in [-0.39, 0.29) is 12.0 Å². The Morgan fingerprint density at radius 3 is 2.76 bits per heavy atom. The molecule has 2 rings (SSSR count). The molecular formula is C13H17NO3. The van der Waals surface area contributed by atoms with Crippen molar-refractivity contribution in [1.82, 2.24) is 0 Å². The maximum atomic E-state index is 11.1. The van der Waals surface area contributed by atoms with Crippen molar-refractivity contribution in [2.45, 2.75) is 19.4 Å². The first kappa shape index (κ1) is 11.9. The van der Waals surface area contributed by atoms with E-state index in [1.165, 1.54) is 0 Å². The van der Waals surface area contributed by atoms with Crippen molar-refractivity contribution in [3.05, 3.63) is 29.8 Å². The molecule has 4 heteroatoms. The van der Waals surface area contributed by atoms with Gasteiger partial charge in [-0.25, -0.2) is 4.79 Å². The van der Waals surface area contributed by atoms with E-state index in [9.17, 15) is 9.90 Å². The second-order valence-corrected chi connectivity index (χ2v) is 4.56. The Bertz CT molecular complexity index is 417. The van der Waals surface area contributed by atoms with Crippen LogP contribution in [0, 0.1) is 5.92 Å².